The molecule has 1 aliphatic rings. The summed E-state index contributed by atoms with van der Waals surface area (Å²) >= 11 is 0. The highest BCUT2D eigenvalue weighted by Gasteiger charge is 2.33. The maximum absolute atomic E-state index is 12.2. The van der Waals surface area contributed by atoms with Crippen molar-refractivity contribution in [2.45, 2.75) is 19.8 Å². The predicted octanol–water partition coefficient (Wildman–Crippen LogP) is 3.03. The molecule has 1 aliphatic heterocycles. The van der Waals surface area contributed by atoms with Crippen LogP contribution in [0.2, 0.25) is 0 Å². The Morgan fingerprint density at radius 2 is 2.14 bits per heavy atom. The molecule has 1 aromatic carbocycles. The zero-order valence-corrected chi connectivity index (χ0v) is 12.5. The molecule has 1 unspecified atom stereocenters. The summed E-state index contributed by atoms with van der Waals surface area (Å²) in [6.07, 6.45) is 3.14. The number of carbonyl (C=O) groups excluding carboxylic acids is 2. The lowest BCUT2D eigenvalue weighted by atomic mass is 9.89. The van der Waals surface area contributed by atoms with E-state index >= 15 is 0 Å². The molecule has 3 rings (SSSR count). The van der Waals surface area contributed by atoms with Crippen LogP contribution in [0, 0.1) is 5.92 Å². The number of nitrogens with zero attached hydrogens (tertiary/aromatic N) is 1. The smallest absolute Gasteiger partial charge is 0.257 e. The van der Waals surface area contributed by atoms with Crippen molar-refractivity contribution in [3.05, 3.63) is 53.9 Å². The first-order chi connectivity index (χ1) is 10.6. The van der Waals surface area contributed by atoms with E-state index in [-0.39, 0.29) is 23.7 Å². The van der Waals surface area contributed by atoms with Gasteiger partial charge >= 0.3 is 0 Å². The first-order valence-electron chi connectivity index (χ1n) is 7.22. The van der Waals surface area contributed by atoms with Gasteiger partial charge in [-0.3, -0.25) is 14.6 Å². The Morgan fingerprint density at radius 1 is 1.32 bits per heavy atom. The van der Waals surface area contributed by atoms with E-state index in [9.17, 15) is 9.59 Å². The Balaban J connectivity index is 1.86. The van der Waals surface area contributed by atoms with Crippen molar-refractivity contribution in [3.8, 4) is 0 Å². The van der Waals surface area contributed by atoms with Crippen LogP contribution < -0.4 is 10.6 Å². The van der Waals surface area contributed by atoms with Gasteiger partial charge in [-0.25, -0.2) is 0 Å². The highest BCUT2D eigenvalue weighted by Crippen LogP contribution is 2.38. The molecule has 1 atom stereocenters. The van der Waals surface area contributed by atoms with Crippen LogP contribution in [0.1, 0.15) is 35.7 Å². The third kappa shape index (κ3) is 2.57. The van der Waals surface area contributed by atoms with Gasteiger partial charge in [0.2, 0.25) is 5.91 Å². The van der Waals surface area contributed by atoms with Crippen molar-refractivity contribution in [2.24, 2.45) is 5.92 Å². The quantitative estimate of drug-likeness (QED) is 0.914. The second-order valence-corrected chi connectivity index (χ2v) is 5.71. The van der Waals surface area contributed by atoms with E-state index in [1.807, 2.05) is 26.0 Å². The molecule has 112 valence electrons. The monoisotopic (exact) mass is 295 g/mol. The highest BCUT2D eigenvalue weighted by molar-refractivity contribution is 6.06. The Bertz CT molecular complexity index is 726. The molecular formula is C17H17N3O2. The number of fused-ring (bicyclic) bond motifs is 1. The average Bonchev–Trinajstić information content (AvgIpc) is 2.83. The summed E-state index contributed by atoms with van der Waals surface area (Å²) < 4.78 is 0. The summed E-state index contributed by atoms with van der Waals surface area (Å²) in [6.45, 7) is 4.03. The van der Waals surface area contributed by atoms with Crippen LogP contribution in [0.5, 0.6) is 0 Å². The second-order valence-electron chi connectivity index (χ2n) is 5.71. The van der Waals surface area contributed by atoms with E-state index in [0.29, 0.717) is 11.3 Å². The van der Waals surface area contributed by atoms with Crippen LogP contribution in [0.15, 0.2) is 42.7 Å². The van der Waals surface area contributed by atoms with Crippen molar-refractivity contribution in [1.29, 1.82) is 0 Å². The minimum atomic E-state index is -0.216. The van der Waals surface area contributed by atoms with Gasteiger partial charge in [0.25, 0.3) is 5.91 Å². The highest BCUT2D eigenvalue weighted by atomic mass is 16.2. The van der Waals surface area contributed by atoms with E-state index < -0.39 is 0 Å². The van der Waals surface area contributed by atoms with Crippen molar-refractivity contribution >= 4 is 23.2 Å². The van der Waals surface area contributed by atoms with E-state index in [0.717, 1.165) is 11.3 Å². The molecule has 0 saturated carbocycles. The maximum Gasteiger partial charge on any atom is 0.257 e. The maximum atomic E-state index is 12.2. The van der Waals surface area contributed by atoms with E-state index in [1.165, 1.54) is 6.20 Å². The van der Waals surface area contributed by atoms with Crippen LogP contribution >= 0.6 is 0 Å². The van der Waals surface area contributed by atoms with Crippen LogP contribution in [0.3, 0.4) is 0 Å². The summed E-state index contributed by atoms with van der Waals surface area (Å²) in [4.78, 5) is 28.1. The van der Waals surface area contributed by atoms with Gasteiger partial charge in [-0.15, -0.1) is 0 Å². The molecule has 2 N–H and O–H groups in total. The molecule has 0 radical (unpaired) electrons. The molecule has 0 spiro atoms. The summed E-state index contributed by atoms with van der Waals surface area (Å²) in [5, 5.41) is 5.72. The van der Waals surface area contributed by atoms with Crippen LogP contribution in [-0.2, 0) is 4.79 Å². The number of pyridine rings is 1. The molecule has 2 heterocycles. The van der Waals surface area contributed by atoms with Gasteiger partial charge in [0, 0.05) is 23.8 Å². The minimum absolute atomic E-state index is 0.0146. The van der Waals surface area contributed by atoms with Crippen molar-refractivity contribution in [3.63, 3.8) is 0 Å². The fourth-order valence-electron chi connectivity index (χ4n) is 2.73. The van der Waals surface area contributed by atoms with Crippen molar-refractivity contribution in [1.82, 2.24) is 4.98 Å². The van der Waals surface area contributed by atoms with Gasteiger partial charge in [0.05, 0.1) is 11.5 Å². The molecule has 2 aromatic rings. The van der Waals surface area contributed by atoms with Gasteiger partial charge in [-0.1, -0.05) is 13.8 Å². The summed E-state index contributed by atoms with van der Waals surface area (Å²) in [7, 11) is 0. The van der Waals surface area contributed by atoms with E-state index in [1.54, 1.807) is 24.4 Å². The lowest BCUT2D eigenvalue weighted by molar-refractivity contribution is -0.117. The fraction of sp³-hybridized carbons (Fsp3) is 0.235. The van der Waals surface area contributed by atoms with Gasteiger partial charge in [0.1, 0.15) is 0 Å². The zero-order chi connectivity index (χ0) is 15.7. The Morgan fingerprint density at radius 3 is 2.82 bits per heavy atom. The largest absolute Gasteiger partial charge is 0.325 e. The molecule has 22 heavy (non-hydrogen) atoms. The first-order valence-corrected chi connectivity index (χ1v) is 7.22. The van der Waals surface area contributed by atoms with Crippen molar-refractivity contribution < 1.29 is 9.59 Å². The lowest BCUT2D eigenvalue weighted by Crippen LogP contribution is -2.17. The predicted molar refractivity (Wildman–Crippen MR) is 84.8 cm³/mol. The number of rotatable bonds is 3. The third-order valence-corrected chi connectivity index (χ3v) is 3.78. The van der Waals surface area contributed by atoms with Gasteiger partial charge in [-0.2, -0.15) is 0 Å². The van der Waals surface area contributed by atoms with Crippen molar-refractivity contribution in [2.75, 3.05) is 10.6 Å². The molecule has 5 heteroatoms. The number of nitrogens with one attached hydrogen (secondary N) is 2. The molecule has 0 aliphatic carbocycles. The number of benzene rings is 1. The summed E-state index contributed by atoms with van der Waals surface area (Å²) in [6, 6.07) is 8.91. The number of amides is 2. The first kappa shape index (κ1) is 14.3. The zero-order valence-electron chi connectivity index (χ0n) is 12.5. The normalized spacial score (nSPS) is 16.3. The van der Waals surface area contributed by atoms with E-state index in [4.69, 9.17) is 0 Å². The molecule has 0 fully saturated rings. The standard InChI is InChI=1S/C17H17N3O2/c1-10(2)15-13-8-12(5-6-14(13)20-17(15)22)19-16(21)11-4-3-7-18-9-11/h3-10,15H,1-2H3,(H,19,21)(H,20,22). The van der Waals surface area contributed by atoms with E-state index in [2.05, 4.69) is 15.6 Å². The summed E-state index contributed by atoms with van der Waals surface area (Å²) in [5.74, 6) is -0.178. The Kier molecular flexibility index (Phi) is 3.63. The minimum Gasteiger partial charge on any atom is -0.325 e. The molecule has 5 nitrogen and oxygen atoms in total. The molecule has 0 bridgehead atoms. The van der Waals surface area contributed by atoms with Crippen LogP contribution in [0.25, 0.3) is 0 Å². The lowest BCUT2D eigenvalue weighted by Gasteiger charge is -2.13. The number of hydrogen-bond donors (Lipinski definition) is 2. The van der Waals surface area contributed by atoms with Crippen LogP contribution in [0.4, 0.5) is 11.4 Å². The molecular weight excluding hydrogens is 278 g/mol. The average molecular weight is 295 g/mol. The van der Waals surface area contributed by atoms with Gasteiger partial charge in [0.15, 0.2) is 0 Å². The van der Waals surface area contributed by atoms with Gasteiger partial charge < -0.3 is 10.6 Å². The Labute approximate surface area is 128 Å². The second kappa shape index (κ2) is 5.60. The molecule has 2 amide bonds. The number of hydrogen-bond acceptors (Lipinski definition) is 3. The topological polar surface area (TPSA) is 71.1 Å². The fourth-order valence-corrected chi connectivity index (χ4v) is 2.73. The number of carbonyl (C=O) groups is 2. The Hall–Kier alpha value is -2.69. The van der Waals surface area contributed by atoms with Gasteiger partial charge in [-0.05, 0) is 41.8 Å². The third-order valence-electron chi connectivity index (χ3n) is 3.78. The SMILES string of the molecule is CC(C)C1C(=O)Nc2ccc(NC(=O)c3cccnc3)cc21. The number of aromatic nitrogens is 1. The molecule has 0 saturated heterocycles. The summed E-state index contributed by atoms with van der Waals surface area (Å²) in [5.41, 5.74) is 2.93. The van der Waals surface area contributed by atoms with Crippen LogP contribution in [-0.4, -0.2) is 16.8 Å². The number of anilines is 2. The molecule has 1 aromatic heterocycles.